The van der Waals surface area contributed by atoms with Gasteiger partial charge in [0, 0.05) is 12.8 Å². The lowest BCUT2D eigenvalue weighted by atomic mass is 9.83. The van der Waals surface area contributed by atoms with Gasteiger partial charge in [-0.3, -0.25) is 28.8 Å². The van der Waals surface area contributed by atoms with Crippen LogP contribution in [0.4, 0.5) is 0 Å². The summed E-state index contributed by atoms with van der Waals surface area (Å²) in [7, 11) is 0. The van der Waals surface area contributed by atoms with Gasteiger partial charge in [0.15, 0.2) is 6.04 Å². The molecule has 2 unspecified atom stereocenters. The lowest BCUT2D eigenvalue weighted by molar-refractivity contribution is -0.142. The lowest BCUT2D eigenvalue weighted by Gasteiger charge is -2.31. The number of carboxylic acids is 1. The monoisotopic (exact) mass is 775 g/mol. The molecule has 304 valence electrons. The Balaban J connectivity index is 1.53. The third kappa shape index (κ3) is 14.1. The molecule has 2 bridgehead atoms. The molecule has 4 atom stereocenters. The van der Waals surface area contributed by atoms with Crippen LogP contribution in [0.1, 0.15) is 114 Å². The van der Waals surface area contributed by atoms with Gasteiger partial charge in [0.25, 0.3) is 5.91 Å². The maximum Gasteiger partial charge on any atom is 0.330 e. The minimum Gasteiger partial charge on any atom is -0.494 e. The van der Waals surface area contributed by atoms with E-state index in [1.807, 2.05) is 19.1 Å². The zero-order valence-corrected chi connectivity index (χ0v) is 32.3. The topological polar surface area (TPSA) is 209 Å². The Kier molecular flexibility index (Phi) is 17.8. The molecule has 6 N–H and O–H groups in total. The van der Waals surface area contributed by atoms with Gasteiger partial charge in [-0.25, -0.2) is 4.79 Å². The Morgan fingerprint density at radius 2 is 1.59 bits per heavy atom. The van der Waals surface area contributed by atoms with E-state index in [1.54, 1.807) is 30.3 Å². The number of carbonyl (C=O) groups excluding carboxylic acids is 6. The van der Waals surface area contributed by atoms with Gasteiger partial charge in [0.2, 0.25) is 29.4 Å². The van der Waals surface area contributed by atoms with Crippen LogP contribution in [0.15, 0.2) is 54.6 Å². The number of nitrogens with one attached hydrogen (secondary N) is 5. The fourth-order valence-corrected chi connectivity index (χ4v) is 7.20. The van der Waals surface area contributed by atoms with E-state index < -0.39 is 66.1 Å². The number of hydrogen-bond donors (Lipinski definition) is 6. The molecule has 2 aromatic carbocycles. The van der Waals surface area contributed by atoms with Gasteiger partial charge in [-0.05, 0) is 61.3 Å². The van der Waals surface area contributed by atoms with Crippen molar-refractivity contribution in [1.82, 2.24) is 26.6 Å². The van der Waals surface area contributed by atoms with Crippen LogP contribution in [-0.2, 0) is 40.0 Å². The quantitative estimate of drug-likeness (QED) is 0.122. The minimum atomic E-state index is -1.37. The number of Topliss-reactive ketones (excluding diaryl/α,β-unsaturated/α-hetero) is 1. The molecule has 14 heteroatoms. The molecule has 1 aliphatic carbocycles. The first kappa shape index (κ1) is 43.5. The van der Waals surface area contributed by atoms with Crippen molar-refractivity contribution in [2.75, 3.05) is 13.2 Å². The van der Waals surface area contributed by atoms with Gasteiger partial charge in [-0.1, -0.05) is 101 Å². The molecule has 1 aliphatic heterocycles. The van der Waals surface area contributed by atoms with Crippen LogP contribution in [0.2, 0.25) is 0 Å². The average molecular weight is 776 g/mol. The van der Waals surface area contributed by atoms with Crippen LogP contribution in [0.25, 0.3) is 0 Å². The van der Waals surface area contributed by atoms with Crippen LogP contribution in [0.3, 0.4) is 0 Å². The Hall–Kier alpha value is -5.27. The van der Waals surface area contributed by atoms with Crippen molar-refractivity contribution < 1.29 is 43.4 Å². The molecular weight excluding hydrogens is 718 g/mol. The summed E-state index contributed by atoms with van der Waals surface area (Å²) in [6, 6.07) is 10.6. The van der Waals surface area contributed by atoms with Crippen molar-refractivity contribution in [2.45, 2.75) is 127 Å². The highest BCUT2D eigenvalue weighted by Gasteiger charge is 2.35. The molecule has 2 aliphatic rings. The minimum absolute atomic E-state index is 0.0362. The molecule has 1 heterocycles. The number of amides is 5. The molecule has 5 amide bonds. The highest BCUT2D eigenvalue weighted by Crippen LogP contribution is 2.27. The number of fused-ring (bicyclic) bond motifs is 2. The van der Waals surface area contributed by atoms with Crippen LogP contribution >= 0.6 is 0 Å². The summed E-state index contributed by atoms with van der Waals surface area (Å²) < 4.78 is 5.96. The number of unbranched alkanes of at least 4 members (excludes halogenated alkanes) is 2. The zero-order valence-electron chi connectivity index (χ0n) is 32.3. The maximum absolute atomic E-state index is 14.2. The van der Waals surface area contributed by atoms with Crippen molar-refractivity contribution in [2.24, 2.45) is 5.92 Å². The second-order valence-corrected chi connectivity index (χ2v) is 14.7. The highest BCUT2D eigenvalue weighted by molar-refractivity contribution is 6.38. The van der Waals surface area contributed by atoms with Gasteiger partial charge in [0.05, 0.1) is 19.2 Å². The third-order valence-corrected chi connectivity index (χ3v) is 10.3. The molecule has 0 radical (unpaired) electrons. The summed E-state index contributed by atoms with van der Waals surface area (Å²) >= 11 is 0. The first-order valence-electron chi connectivity index (χ1n) is 20.1. The van der Waals surface area contributed by atoms with Crippen LogP contribution in [0.5, 0.6) is 5.75 Å². The van der Waals surface area contributed by atoms with Gasteiger partial charge in [-0.2, -0.15) is 0 Å². The molecular formula is C42H57N5O9. The van der Waals surface area contributed by atoms with E-state index in [0.29, 0.717) is 36.3 Å². The third-order valence-electron chi connectivity index (χ3n) is 10.3. The molecule has 2 aromatic rings. The van der Waals surface area contributed by atoms with E-state index in [-0.39, 0.29) is 31.1 Å². The number of benzene rings is 2. The van der Waals surface area contributed by atoms with Gasteiger partial charge in [0.1, 0.15) is 17.8 Å². The number of carbonyl (C=O) groups is 7. The first-order valence-corrected chi connectivity index (χ1v) is 20.1. The number of aliphatic carboxylic acids is 1. The van der Waals surface area contributed by atoms with E-state index >= 15 is 0 Å². The molecule has 4 rings (SSSR count). The Labute approximate surface area is 328 Å². The molecule has 14 nitrogen and oxygen atoms in total. The van der Waals surface area contributed by atoms with Gasteiger partial charge in [-0.15, -0.1) is 0 Å². The van der Waals surface area contributed by atoms with Crippen molar-refractivity contribution in [3.8, 4) is 5.75 Å². The summed E-state index contributed by atoms with van der Waals surface area (Å²) in [4.78, 5) is 92.7. The predicted octanol–water partition coefficient (Wildman–Crippen LogP) is 3.81. The zero-order chi connectivity index (χ0) is 40.3. The lowest BCUT2D eigenvalue weighted by Crippen LogP contribution is -2.59. The van der Waals surface area contributed by atoms with E-state index in [4.69, 9.17) is 4.74 Å². The Morgan fingerprint density at radius 3 is 2.32 bits per heavy atom. The first-order chi connectivity index (χ1) is 27.0. The van der Waals surface area contributed by atoms with Gasteiger partial charge < -0.3 is 36.4 Å². The summed E-state index contributed by atoms with van der Waals surface area (Å²) in [6.07, 6.45) is 10.1. The van der Waals surface area contributed by atoms with Crippen molar-refractivity contribution in [3.05, 3.63) is 65.7 Å². The smallest absolute Gasteiger partial charge is 0.330 e. The van der Waals surface area contributed by atoms with Gasteiger partial charge >= 0.3 is 5.97 Å². The second kappa shape index (κ2) is 23.0. The average Bonchev–Trinajstić information content (AvgIpc) is 3.20. The molecule has 1 saturated carbocycles. The van der Waals surface area contributed by atoms with E-state index in [1.165, 1.54) is 12.1 Å². The number of ether oxygens (including phenoxy) is 1. The summed E-state index contributed by atoms with van der Waals surface area (Å²) in [5.41, 5.74) is 1.02. The molecule has 0 saturated heterocycles. The van der Waals surface area contributed by atoms with Crippen LogP contribution in [0, 0.1) is 5.92 Å². The predicted molar refractivity (Wildman–Crippen MR) is 208 cm³/mol. The maximum atomic E-state index is 14.2. The molecule has 1 fully saturated rings. The Morgan fingerprint density at radius 1 is 0.857 bits per heavy atom. The molecule has 56 heavy (non-hydrogen) atoms. The number of rotatable bonds is 14. The standard InChI is InChI=1S/C42H57N5O9/c1-2-3-8-22-32(38(50)41(53)43-27-35(49)47-37(42(54)55)30-19-11-7-12-20-30)44-39(51)33-26-28-16-15-21-31(25-28)56-24-14-5-4-13-23-34(48)46-36(40(52)45-33)29-17-9-6-10-18-29/h7,11-12,15-16,19-21,25,29,32-33,36-37H,2-6,8-10,13-14,17-18,22-24,26-27H2,1H3,(H,43,53)(H,44,51)(H,45,52)(H,46,48)(H,47,49)(H,54,55)/t32?,33?,36-,37-/m0/s1. The number of carboxylic acid groups (broad SMARTS) is 1. The number of ketones is 1. The number of hydrogen-bond acceptors (Lipinski definition) is 8. The van der Waals surface area contributed by atoms with E-state index in [0.717, 1.165) is 64.2 Å². The second-order valence-electron chi connectivity index (χ2n) is 14.7. The van der Waals surface area contributed by atoms with Crippen LogP contribution < -0.4 is 31.3 Å². The van der Waals surface area contributed by atoms with E-state index in [2.05, 4.69) is 26.6 Å². The van der Waals surface area contributed by atoms with Crippen molar-refractivity contribution in [1.29, 1.82) is 0 Å². The van der Waals surface area contributed by atoms with Crippen molar-refractivity contribution in [3.63, 3.8) is 0 Å². The van der Waals surface area contributed by atoms with Crippen molar-refractivity contribution >= 4 is 41.3 Å². The fourth-order valence-electron chi connectivity index (χ4n) is 7.20. The normalized spacial score (nSPS) is 19.7. The summed E-state index contributed by atoms with van der Waals surface area (Å²) in [5, 5.41) is 22.8. The SMILES string of the molecule is CCCCCC(NC(=O)C1Cc2cccc(c2)OCCCCCCC(=O)N[C@@H](C2CCCCC2)C(=O)N1)C(=O)C(=O)NCC(=O)N[C@H](C(=O)O)c1ccccc1. The van der Waals surface area contributed by atoms with E-state index in [9.17, 15) is 38.7 Å². The summed E-state index contributed by atoms with van der Waals surface area (Å²) in [5.74, 6) is -5.14. The summed E-state index contributed by atoms with van der Waals surface area (Å²) in [6.45, 7) is 1.77. The Bertz CT molecular complexity index is 1650. The molecule has 0 aromatic heterocycles. The fraction of sp³-hybridized carbons (Fsp3) is 0.548. The van der Waals surface area contributed by atoms with Crippen LogP contribution in [-0.4, -0.2) is 77.7 Å². The molecule has 0 spiro atoms. The largest absolute Gasteiger partial charge is 0.494 e. The highest BCUT2D eigenvalue weighted by atomic mass is 16.5.